The van der Waals surface area contributed by atoms with Crippen LogP contribution in [0.25, 0.3) is 0 Å². The molecule has 10 heteroatoms. The second-order valence-electron chi connectivity index (χ2n) is 5.16. The first kappa shape index (κ1) is 16.4. The third kappa shape index (κ3) is 3.91. The molecule has 5 nitrogen and oxygen atoms in total. The summed E-state index contributed by atoms with van der Waals surface area (Å²) >= 11 is 7.15. The minimum atomic E-state index is -4.36. The van der Waals surface area contributed by atoms with Gasteiger partial charge >= 0.3 is 6.18 Å². The highest BCUT2D eigenvalue weighted by atomic mass is 35.5. The molecule has 0 atom stereocenters. The summed E-state index contributed by atoms with van der Waals surface area (Å²) in [4.78, 5) is 8.08. The molecule has 1 aliphatic rings. The molecule has 2 aromatic heterocycles. The zero-order valence-corrected chi connectivity index (χ0v) is 13.5. The van der Waals surface area contributed by atoms with E-state index in [1.54, 1.807) is 0 Å². The SMILES string of the molecule is FC(F)(F)c1ccc(N2CCN(Cc3nnsc3Cl)CC2)nc1. The first-order valence-electron chi connectivity index (χ1n) is 6.91. The van der Waals surface area contributed by atoms with E-state index >= 15 is 0 Å². The van der Waals surface area contributed by atoms with Crippen molar-refractivity contribution in [1.82, 2.24) is 19.5 Å². The van der Waals surface area contributed by atoms with Crippen molar-refractivity contribution in [3.8, 4) is 0 Å². The van der Waals surface area contributed by atoms with Gasteiger partial charge < -0.3 is 4.90 Å². The van der Waals surface area contributed by atoms with Crippen molar-refractivity contribution >= 4 is 29.0 Å². The molecule has 1 fully saturated rings. The van der Waals surface area contributed by atoms with Crippen LogP contribution in [0, 0.1) is 0 Å². The number of hydrogen-bond acceptors (Lipinski definition) is 6. The zero-order chi connectivity index (χ0) is 16.4. The van der Waals surface area contributed by atoms with E-state index in [4.69, 9.17) is 11.6 Å². The number of alkyl halides is 3. The normalized spacial score (nSPS) is 16.8. The molecule has 23 heavy (non-hydrogen) atoms. The Morgan fingerprint density at radius 1 is 1.17 bits per heavy atom. The van der Waals surface area contributed by atoms with Crippen LogP contribution in [0.3, 0.4) is 0 Å². The predicted molar refractivity (Wildman–Crippen MR) is 81.6 cm³/mol. The maximum Gasteiger partial charge on any atom is 0.417 e. The quantitative estimate of drug-likeness (QED) is 0.839. The maximum absolute atomic E-state index is 12.5. The Hall–Kier alpha value is -1.45. The van der Waals surface area contributed by atoms with Crippen molar-refractivity contribution in [3.05, 3.63) is 33.9 Å². The number of nitrogens with zero attached hydrogens (tertiary/aromatic N) is 5. The smallest absolute Gasteiger partial charge is 0.354 e. The third-order valence-electron chi connectivity index (χ3n) is 3.65. The van der Waals surface area contributed by atoms with Gasteiger partial charge in [-0.1, -0.05) is 16.1 Å². The molecule has 0 amide bonds. The van der Waals surface area contributed by atoms with E-state index in [-0.39, 0.29) is 0 Å². The largest absolute Gasteiger partial charge is 0.417 e. The van der Waals surface area contributed by atoms with Gasteiger partial charge in [0.05, 0.1) is 5.56 Å². The third-order valence-corrected chi connectivity index (χ3v) is 4.64. The summed E-state index contributed by atoms with van der Waals surface area (Å²) in [7, 11) is 0. The lowest BCUT2D eigenvalue weighted by Gasteiger charge is -2.35. The van der Waals surface area contributed by atoms with E-state index in [2.05, 4.69) is 19.5 Å². The Bertz CT molecular complexity index is 652. The highest BCUT2D eigenvalue weighted by Gasteiger charge is 2.31. The molecule has 3 heterocycles. The van der Waals surface area contributed by atoms with Crippen LogP contribution in [-0.4, -0.2) is 45.6 Å². The number of anilines is 1. The Labute approximate surface area is 139 Å². The molecule has 2 aromatic rings. The van der Waals surface area contributed by atoms with E-state index < -0.39 is 11.7 Å². The van der Waals surface area contributed by atoms with E-state index in [9.17, 15) is 13.2 Å². The second kappa shape index (κ2) is 6.58. The van der Waals surface area contributed by atoms with E-state index in [1.807, 2.05) is 4.90 Å². The number of hydrogen-bond donors (Lipinski definition) is 0. The first-order valence-corrected chi connectivity index (χ1v) is 8.06. The fourth-order valence-electron chi connectivity index (χ4n) is 2.38. The molecule has 3 rings (SSSR count). The molecule has 1 aliphatic heterocycles. The fourth-order valence-corrected chi connectivity index (χ4v) is 2.99. The first-order chi connectivity index (χ1) is 10.9. The summed E-state index contributed by atoms with van der Waals surface area (Å²) in [6, 6.07) is 2.48. The lowest BCUT2D eigenvalue weighted by Crippen LogP contribution is -2.46. The van der Waals surface area contributed by atoms with Crippen molar-refractivity contribution in [2.24, 2.45) is 0 Å². The molecule has 0 spiro atoms. The van der Waals surface area contributed by atoms with Gasteiger partial charge in [-0.15, -0.1) is 5.10 Å². The van der Waals surface area contributed by atoms with Crippen LogP contribution >= 0.6 is 23.1 Å². The van der Waals surface area contributed by atoms with Crippen molar-refractivity contribution < 1.29 is 13.2 Å². The summed E-state index contributed by atoms with van der Waals surface area (Å²) in [5.74, 6) is 0.561. The van der Waals surface area contributed by atoms with Crippen LogP contribution in [0.1, 0.15) is 11.3 Å². The van der Waals surface area contributed by atoms with E-state index in [1.165, 1.54) is 6.07 Å². The molecule has 124 valence electrons. The molecule has 0 saturated carbocycles. The van der Waals surface area contributed by atoms with E-state index in [0.717, 1.165) is 42.6 Å². The molecular formula is C13H13ClF3N5S. The maximum atomic E-state index is 12.5. The molecule has 0 bridgehead atoms. The number of aromatic nitrogens is 3. The van der Waals surface area contributed by atoms with Gasteiger partial charge in [0.15, 0.2) is 0 Å². The lowest BCUT2D eigenvalue weighted by atomic mass is 10.2. The van der Waals surface area contributed by atoms with Crippen molar-refractivity contribution in [1.29, 1.82) is 0 Å². The van der Waals surface area contributed by atoms with Crippen LogP contribution in [0.5, 0.6) is 0 Å². The predicted octanol–water partition coefficient (Wildman–Crippen LogP) is 2.93. The molecule has 0 radical (unpaired) electrons. The summed E-state index contributed by atoms with van der Waals surface area (Å²) in [5.41, 5.74) is 0.0309. The average molecular weight is 364 g/mol. The Kier molecular flexibility index (Phi) is 4.69. The fraction of sp³-hybridized carbons (Fsp3) is 0.462. The van der Waals surface area contributed by atoms with Gasteiger partial charge in [-0.2, -0.15) is 13.2 Å². The van der Waals surface area contributed by atoms with Crippen LogP contribution < -0.4 is 4.90 Å². The minimum Gasteiger partial charge on any atom is -0.354 e. The van der Waals surface area contributed by atoms with Crippen molar-refractivity contribution in [2.45, 2.75) is 12.7 Å². The Balaban J connectivity index is 1.57. The monoisotopic (exact) mass is 363 g/mol. The van der Waals surface area contributed by atoms with Crippen LogP contribution in [0.4, 0.5) is 19.0 Å². The van der Waals surface area contributed by atoms with Crippen molar-refractivity contribution in [2.75, 3.05) is 31.1 Å². The Morgan fingerprint density at radius 3 is 2.43 bits per heavy atom. The van der Waals surface area contributed by atoms with Gasteiger partial charge in [-0.3, -0.25) is 4.90 Å². The van der Waals surface area contributed by atoms with Crippen LogP contribution in [-0.2, 0) is 12.7 Å². The molecule has 1 saturated heterocycles. The van der Waals surface area contributed by atoms with Gasteiger partial charge in [-0.05, 0) is 12.1 Å². The van der Waals surface area contributed by atoms with Crippen LogP contribution in [0.2, 0.25) is 4.34 Å². The summed E-state index contributed by atoms with van der Waals surface area (Å²) in [6.45, 7) is 3.53. The molecule has 0 N–H and O–H groups in total. The minimum absolute atomic E-state index is 0.561. The summed E-state index contributed by atoms with van der Waals surface area (Å²) in [5, 5.41) is 3.98. The van der Waals surface area contributed by atoms with Gasteiger partial charge in [-0.25, -0.2) is 4.98 Å². The van der Waals surface area contributed by atoms with Crippen LogP contribution in [0.15, 0.2) is 18.3 Å². The van der Waals surface area contributed by atoms with Crippen molar-refractivity contribution in [3.63, 3.8) is 0 Å². The Morgan fingerprint density at radius 2 is 1.91 bits per heavy atom. The number of rotatable bonds is 3. The molecule has 0 unspecified atom stereocenters. The highest BCUT2D eigenvalue weighted by Crippen LogP contribution is 2.29. The molecule has 0 aromatic carbocycles. The second-order valence-corrected chi connectivity index (χ2v) is 6.52. The van der Waals surface area contributed by atoms with E-state index in [0.29, 0.717) is 29.8 Å². The van der Waals surface area contributed by atoms with Gasteiger partial charge in [0, 0.05) is 50.5 Å². The molecule has 0 aliphatic carbocycles. The van der Waals surface area contributed by atoms with Gasteiger partial charge in [0.1, 0.15) is 15.8 Å². The number of piperazine rings is 1. The number of pyridine rings is 1. The van der Waals surface area contributed by atoms with Gasteiger partial charge in [0.25, 0.3) is 0 Å². The topological polar surface area (TPSA) is 45.2 Å². The highest BCUT2D eigenvalue weighted by molar-refractivity contribution is 7.10. The average Bonchev–Trinajstić information content (AvgIpc) is 2.93. The zero-order valence-electron chi connectivity index (χ0n) is 11.9. The standard InChI is InChI=1S/C13H13ClF3N5S/c14-12-10(19-20-23-12)8-21-3-5-22(6-4-21)11-2-1-9(7-18-11)13(15,16)17/h1-2,7H,3-6,8H2. The lowest BCUT2D eigenvalue weighted by molar-refractivity contribution is -0.137. The summed E-state index contributed by atoms with van der Waals surface area (Å²) in [6.07, 6.45) is -3.48. The molecular weight excluding hydrogens is 351 g/mol. The summed E-state index contributed by atoms with van der Waals surface area (Å²) < 4.78 is 42.0. The van der Waals surface area contributed by atoms with Gasteiger partial charge in [0.2, 0.25) is 0 Å². The number of halogens is 4.